The standard InChI is InChI=1S/C20H20FN3O3S2/c21-16-8-12(4-5-13(16)9-22)11-28-18-3-1-2-14-15(18)10-24(20(14)26)17-6-7-29-27-23-19(17)25/h1-5,8,17H,6-7,9-11,22H2,(H,23,25). The smallest absolute Gasteiger partial charge is 0.267 e. The molecule has 152 valence electrons. The van der Waals surface area contributed by atoms with Crippen LogP contribution >= 0.6 is 23.8 Å². The molecule has 9 heteroatoms. The molecular formula is C20H20FN3O3S2. The lowest BCUT2D eigenvalue weighted by Crippen LogP contribution is -2.45. The van der Waals surface area contributed by atoms with Crippen molar-refractivity contribution in [1.29, 1.82) is 0 Å². The number of hydrogen-bond donors (Lipinski definition) is 2. The Kier molecular flexibility index (Phi) is 6.09. The van der Waals surface area contributed by atoms with Crippen molar-refractivity contribution in [2.45, 2.75) is 36.2 Å². The fraction of sp³-hybridized carbons (Fsp3) is 0.300. The van der Waals surface area contributed by atoms with E-state index in [0.29, 0.717) is 35.6 Å². The number of hydrogen-bond acceptors (Lipinski definition) is 6. The molecule has 2 heterocycles. The minimum Gasteiger partial charge on any atom is -0.326 e. The van der Waals surface area contributed by atoms with Gasteiger partial charge in [0.15, 0.2) is 0 Å². The molecule has 1 saturated heterocycles. The average Bonchev–Trinajstić information content (AvgIpc) is 2.91. The lowest BCUT2D eigenvalue weighted by molar-refractivity contribution is -0.131. The van der Waals surface area contributed by atoms with E-state index in [1.54, 1.807) is 28.8 Å². The predicted octanol–water partition coefficient (Wildman–Crippen LogP) is 3.00. The van der Waals surface area contributed by atoms with Gasteiger partial charge in [-0.25, -0.2) is 14.2 Å². The minimum absolute atomic E-state index is 0.146. The van der Waals surface area contributed by atoms with E-state index in [0.717, 1.165) is 16.0 Å². The number of carbonyl (C=O) groups excluding carboxylic acids is 2. The first-order valence-corrected chi connectivity index (χ1v) is 11.1. The molecule has 0 spiro atoms. The van der Waals surface area contributed by atoms with Crippen molar-refractivity contribution in [2.75, 3.05) is 5.75 Å². The molecule has 0 aromatic heterocycles. The second-order valence-electron chi connectivity index (χ2n) is 6.81. The van der Waals surface area contributed by atoms with Crippen LogP contribution in [0.1, 0.15) is 33.5 Å². The maximum Gasteiger partial charge on any atom is 0.267 e. The Balaban J connectivity index is 1.52. The number of fused-ring (bicyclic) bond motifs is 1. The van der Waals surface area contributed by atoms with Crippen LogP contribution in [0, 0.1) is 5.82 Å². The highest BCUT2D eigenvalue weighted by molar-refractivity contribution is 7.98. The molecule has 1 unspecified atom stereocenters. The van der Waals surface area contributed by atoms with Gasteiger partial charge in [0, 0.05) is 52.7 Å². The van der Waals surface area contributed by atoms with Crippen LogP contribution in [0.2, 0.25) is 0 Å². The normalized spacial score (nSPS) is 19.1. The van der Waals surface area contributed by atoms with E-state index in [4.69, 9.17) is 10.0 Å². The Labute approximate surface area is 176 Å². The molecule has 2 amide bonds. The summed E-state index contributed by atoms with van der Waals surface area (Å²) in [5.74, 6) is 0.439. The molecule has 2 aromatic rings. The van der Waals surface area contributed by atoms with Gasteiger partial charge >= 0.3 is 0 Å². The van der Waals surface area contributed by atoms with Gasteiger partial charge in [-0.05, 0) is 35.7 Å². The maximum absolute atomic E-state index is 14.0. The Hall–Kier alpha value is -2.07. The van der Waals surface area contributed by atoms with Crippen LogP contribution < -0.4 is 11.2 Å². The molecule has 3 N–H and O–H groups in total. The number of nitrogens with one attached hydrogen (secondary N) is 1. The maximum atomic E-state index is 14.0. The summed E-state index contributed by atoms with van der Waals surface area (Å²) in [7, 11) is 0. The van der Waals surface area contributed by atoms with E-state index in [1.807, 2.05) is 18.2 Å². The van der Waals surface area contributed by atoms with Crippen molar-refractivity contribution >= 4 is 35.6 Å². The first-order chi connectivity index (χ1) is 14.1. The number of benzene rings is 2. The van der Waals surface area contributed by atoms with Gasteiger partial charge in [0.1, 0.15) is 11.9 Å². The van der Waals surface area contributed by atoms with Crippen LogP contribution in [0.4, 0.5) is 4.39 Å². The molecule has 4 rings (SSSR count). The summed E-state index contributed by atoms with van der Waals surface area (Å²) in [5.41, 5.74) is 10.8. The molecule has 2 aromatic carbocycles. The highest BCUT2D eigenvalue weighted by Crippen LogP contribution is 2.35. The highest BCUT2D eigenvalue weighted by Gasteiger charge is 2.38. The third kappa shape index (κ3) is 4.13. The number of nitrogens with zero attached hydrogens (tertiary/aromatic N) is 1. The summed E-state index contributed by atoms with van der Waals surface area (Å²) in [6.45, 7) is 0.544. The molecule has 0 radical (unpaired) electrons. The number of halogens is 1. The van der Waals surface area contributed by atoms with Crippen molar-refractivity contribution in [2.24, 2.45) is 5.73 Å². The van der Waals surface area contributed by atoms with Crippen molar-refractivity contribution in [3.8, 4) is 0 Å². The second-order valence-corrected chi connectivity index (χ2v) is 8.64. The molecule has 0 bridgehead atoms. The Morgan fingerprint density at radius 2 is 2.17 bits per heavy atom. The van der Waals surface area contributed by atoms with Crippen molar-refractivity contribution < 1.29 is 18.3 Å². The topological polar surface area (TPSA) is 84.7 Å². The van der Waals surface area contributed by atoms with Gasteiger partial charge in [0.05, 0.1) is 0 Å². The Bertz CT molecular complexity index is 957. The number of carbonyl (C=O) groups is 2. The SMILES string of the molecule is NCc1ccc(CSc2cccc3c2CN(C2CCSONC2=O)C3=O)cc1F. The van der Waals surface area contributed by atoms with Gasteiger partial charge < -0.3 is 10.6 Å². The van der Waals surface area contributed by atoms with E-state index >= 15 is 0 Å². The van der Waals surface area contributed by atoms with Crippen LogP contribution in [0.15, 0.2) is 41.3 Å². The van der Waals surface area contributed by atoms with Gasteiger partial charge in [-0.3, -0.25) is 9.59 Å². The summed E-state index contributed by atoms with van der Waals surface area (Å²) < 4.78 is 19.0. The molecule has 2 aliphatic heterocycles. The third-order valence-corrected chi connectivity index (χ3v) is 6.81. The molecule has 6 nitrogen and oxygen atoms in total. The lowest BCUT2D eigenvalue weighted by Gasteiger charge is -2.24. The Morgan fingerprint density at radius 1 is 1.31 bits per heavy atom. The van der Waals surface area contributed by atoms with Crippen LogP contribution in [0.25, 0.3) is 0 Å². The van der Waals surface area contributed by atoms with Gasteiger partial charge in [0.2, 0.25) is 0 Å². The van der Waals surface area contributed by atoms with Crippen LogP contribution in [-0.2, 0) is 27.9 Å². The van der Waals surface area contributed by atoms with E-state index < -0.39 is 6.04 Å². The largest absolute Gasteiger partial charge is 0.326 e. The molecular weight excluding hydrogens is 413 g/mol. The zero-order chi connectivity index (χ0) is 20.4. The summed E-state index contributed by atoms with van der Waals surface area (Å²) in [6.07, 6.45) is 0.533. The number of rotatable bonds is 5. The Morgan fingerprint density at radius 3 is 2.97 bits per heavy atom. The van der Waals surface area contributed by atoms with Crippen molar-refractivity contribution in [3.05, 3.63) is 64.5 Å². The summed E-state index contributed by atoms with van der Waals surface area (Å²) in [4.78, 5) is 27.8. The van der Waals surface area contributed by atoms with E-state index in [2.05, 4.69) is 5.48 Å². The average molecular weight is 434 g/mol. The number of thioether (sulfide) groups is 1. The molecule has 1 fully saturated rings. The van der Waals surface area contributed by atoms with Crippen LogP contribution in [0.3, 0.4) is 0 Å². The molecule has 0 aliphatic carbocycles. The van der Waals surface area contributed by atoms with E-state index in [-0.39, 0.29) is 24.2 Å². The summed E-state index contributed by atoms with van der Waals surface area (Å²) >= 11 is 2.72. The van der Waals surface area contributed by atoms with E-state index in [9.17, 15) is 14.0 Å². The van der Waals surface area contributed by atoms with Gasteiger partial charge in [-0.2, -0.15) is 0 Å². The van der Waals surface area contributed by atoms with Gasteiger partial charge in [-0.1, -0.05) is 18.2 Å². The van der Waals surface area contributed by atoms with Gasteiger partial charge in [0.25, 0.3) is 11.8 Å². The van der Waals surface area contributed by atoms with E-state index in [1.165, 1.54) is 18.1 Å². The van der Waals surface area contributed by atoms with Gasteiger partial charge in [-0.15, -0.1) is 11.8 Å². The zero-order valence-corrected chi connectivity index (χ0v) is 17.2. The van der Waals surface area contributed by atoms with Crippen molar-refractivity contribution in [1.82, 2.24) is 10.4 Å². The van der Waals surface area contributed by atoms with Crippen LogP contribution in [-0.4, -0.2) is 28.5 Å². The number of nitrogens with two attached hydrogens (primary N) is 1. The lowest BCUT2D eigenvalue weighted by atomic mass is 10.1. The molecule has 1 atom stereocenters. The fourth-order valence-corrected chi connectivity index (χ4v) is 5.06. The summed E-state index contributed by atoms with van der Waals surface area (Å²) in [6, 6.07) is 10.1. The first-order valence-electron chi connectivity index (χ1n) is 9.20. The van der Waals surface area contributed by atoms with Crippen LogP contribution in [0.5, 0.6) is 0 Å². The summed E-state index contributed by atoms with van der Waals surface area (Å²) in [5, 5.41) is 0. The predicted molar refractivity (Wildman–Crippen MR) is 110 cm³/mol. The quantitative estimate of drug-likeness (QED) is 0.557. The minimum atomic E-state index is -0.555. The fourth-order valence-electron chi connectivity index (χ4n) is 3.49. The molecule has 2 aliphatic rings. The highest BCUT2D eigenvalue weighted by atomic mass is 32.2. The molecule has 29 heavy (non-hydrogen) atoms. The second kappa shape index (κ2) is 8.74. The zero-order valence-electron chi connectivity index (χ0n) is 15.5. The number of hydroxylamine groups is 1. The number of amides is 2. The monoisotopic (exact) mass is 433 g/mol. The molecule has 0 saturated carbocycles. The first kappa shape index (κ1) is 20.2. The third-order valence-electron chi connectivity index (χ3n) is 5.04. The van der Waals surface area contributed by atoms with Crippen molar-refractivity contribution in [3.63, 3.8) is 0 Å².